The molecule has 0 bridgehead atoms. The average Bonchev–Trinajstić information content (AvgIpc) is 3.23. The number of nitrogens with zero attached hydrogens (tertiary/aromatic N) is 3. The molecule has 1 fully saturated rings. The number of fused-ring (bicyclic) bond motifs is 1. The maximum Gasteiger partial charge on any atom is 0.260 e. The molecule has 7 nitrogen and oxygen atoms in total. The van der Waals surface area contributed by atoms with Gasteiger partial charge in [0.15, 0.2) is 15.0 Å². The highest BCUT2D eigenvalue weighted by Crippen LogP contribution is 2.34. The fourth-order valence-corrected chi connectivity index (χ4v) is 5.87. The quantitative estimate of drug-likeness (QED) is 0.469. The maximum atomic E-state index is 13.6. The number of ether oxygens (including phenoxy) is 1. The Morgan fingerprint density at radius 1 is 1.22 bits per heavy atom. The van der Waals surface area contributed by atoms with Crippen LogP contribution in [0, 0.1) is 0 Å². The van der Waals surface area contributed by atoms with Crippen LogP contribution in [0.5, 0.6) is 0 Å². The van der Waals surface area contributed by atoms with Crippen LogP contribution in [0.4, 0.5) is 5.13 Å². The number of sulfone groups is 1. The van der Waals surface area contributed by atoms with Crippen LogP contribution >= 0.6 is 23.1 Å². The maximum absolute atomic E-state index is 13.6. The molecule has 0 saturated carbocycles. The lowest BCUT2D eigenvalue weighted by atomic mass is 10.2. The summed E-state index contributed by atoms with van der Waals surface area (Å²) in [5, 5.41) is 0.615. The number of hydrogen-bond donors (Lipinski definition) is 0. The zero-order chi connectivity index (χ0) is 22.7. The van der Waals surface area contributed by atoms with Gasteiger partial charge >= 0.3 is 0 Å². The first-order valence-electron chi connectivity index (χ1n) is 10.2. The van der Waals surface area contributed by atoms with Crippen molar-refractivity contribution in [3.8, 4) is 0 Å². The van der Waals surface area contributed by atoms with Crippen molar-refractivity contribution >= 4 is 54.2 Å². The Kier molecular flexibility index (Phi) is 7.16. The molecule has 0 N–H and O–H groups in total. The summed E-state index contributed by atoms with van der Waals surface area (Å²) in [5.74, 6) is -0.256. The summed E-state index contributed by atoms with van der Waals surface area (Å²) in [6.07, 6.45) is 3.15. The van der Waals surface area contributed by atoms with E-state index in [1.807, 2.05) is 24.5 Å². The van der Waals surface area contributed by atoms with Crippen LogP contribution in [-0.2, 0) is 14.6 Å². The number of hydrogen-bond acceptors (Lipinski definition) is 8. The van der Waals surface area contributed by atoms with E-state index < -0.39 is 9.84 Å². The highest BCUT2D eigenvalue weighted by Gasteiger charge is 2.24. The van der Waals surface area contributed by atoms with E-state index in [1.54, 1.807) is 28.8 Å². The van der Waals surface area contributed by atoms with Crippen molar-refractivity contribution in [2.45, 2.75) is 9.79 Å². The zero-order valence-corrected chi connectivity index (χ0v) is 20.4. The average molecular weight is 492 g/mol. The molecule has 1 amide bonds. The molecule has 2 aromatic carbocycles. The highest BCUT2D eigenvalue weighted by molar-refractivity contribution is 7.98. The molecule has 0 radical (unpaired) electrons. The number of thioether (sulfide) groups is 1. The van der Waals surface area contributed by atoms with E-state index in [1.165, 1.54) is 23.5 Å². The molecular formula is C22H25N3O4S3. The summed E-state index contributed by atoms with van der Waals surface area (Å²) in [5.41, 5.74) is 1.22. The lowest BCUT2D eigenvalue weighted by Crippen LogP contribution is -2.43. The third kappa shape index (κ3) is 5.15. The van der Waals surface area contributed by atoms with Crippen molar-refractivity contribution in [2.75, 3.05) is 56.8 Å². The molecule has 3 aromatic rings. The summed E-state index contributed by atoms with van der Waals surface area (Å²) in [6, 6.07) is 12.2. The third-order valence-corrected chi connectivity index (χ3v) is 8.24. The van der Waals surface area contributed by atoms with Gasteiger partial charge in [-0.05, 0) is 36.6 Å². The van der Waals surface area contributed by atoms with Crippen LogP contribution in [0.25, 0.3) is 10.2 Å². The monoisotopic (exact) mass is 491 g/mol. The second-order valence-corrected chi connectivity index (χ2v) is 11.4. The first kappa shape index (κ1) is 23.2. The Hall–Kier alpha value is -1.98. The molecule has 32 heavy (non-hydrogen) atoms. The van der Waals surface area contributed by atoms with Crippen LogP contribution in [0.1, 0.15) is 10.4 Å². The smallest absolute Gasteiger partial charge is 0.260 e. The minimum Gasteiger partial charge on any atom is -0.379 e. The van der Waals surface area contributed by atoms with Gasteiger partial charge in [-0.3, -0.25) is 14.6 Å². The molecule has 1 aliphatic rings. The Morgan fingerprint density at radius 3 is 2.69 bits per heavy atom. The van der Waals surface area contributed by atoms with Crippen LogP contribution in [-0.4, -0.2) is 76.1 Å². The van der Waals surface area contributed by atoms with Crippen molar-refractivity contribution < 1.29 is 17.9 Å². The molecule has 0 atom stereocenters. The minimum atomic E-state index is -3.42. The number of anilines is 1. The number of benzene rings is 2. The molecule has 0 aliphatic carbocycles. The molecule has 1 aromatic heterocycles. The van der Waals surface area contributed by atoms with E-state index in [-0.39, 0.29) is 10.8 Å². The van der Waals surface area contributed by atoms with E-state index in [4.69, 9.17) is 9.72 Å². The normalized spacial score (nSPS) is 15.2. The van der Waals surface area contributed by atoms with E-state index in [0.29, 0.717) is 37.0 Å². The number of carbonyl (C=O) groups is 1. The molecule has 0 unspecified atom stereocenters. The van der Waals surface area contributed by atoms with Gasteiger partial charge in [0.25, 0.3) is 5.91 Å². The molecule has 2 heterocycles. The van der Waals surface area contributed by atoms with Crippen molar-refractivity contribution in [3.63, 3.8) is 0 Å². The van der Waals surface area contributed by atoms with E-state index in [0.717, 1.165) is 34.5 Å². The van der Waals surface area contributed by atoms with Gasteiger partial charge in [0.1, 0.15) is 0 Å². The van der Waals surface area contributed by atoms with E-state index >= 15 is 0 Å². The van der Waals surface area contributed by atoms with Crippen LogP contribution in [0.2, 0.25) is 0 Å². The van der Waals surface area contributed by atoms with Gasteiger partial charge in [0, 0.05) is 42.9 Å². The summed E-state index contributed by atoms with van der Waals surface area (Å²) in [4.78, 5) is 23.5. The number of thiazole rings is 1. The standard InChI is InChI=1S/C22H25N3O4S3/c1-30-18-7-4-8-19-20(18)23-22(31-19)25(10-9-24-11-13-29-14-12-24)21(26)16-5-3-6-17(15-16)32(2,27)28/h3-8,15H,9-14H2,1-2H3. The van der Waals surface area contributed by atoms with Crippen molar-refractivity contribution in [3.05, 3.63) is 48.0 Å². The van der Waals surface area contributed by atoms with Gasteiger partial charge in [-0.25, -0.2) is 13.4 Å². The van der Waals surface area contributed by atoms with Crippen LogP contribution in [0.3, 0.4) is 0 Å². The molecule has 4 rings (SSSR count). The summed E-state index contributed by atoms with van der Waals surface area (Å²) >= 11 is 3.09. The molecule has 0 spiro atoms. The number of aromatic nitrogens is 1. The number of morpholine rings is 1. The first-order chi connectivity index (χ1) is 15.4. The highest BCUT2D eigenvalue weighted by atomic mass is 32.2. The predicted molar refractivity (Wildman–Crippen MR) is 130 cm³/mol. The number of carbonyl (C=O) groups excluding carboxylic acids is 1. The summed E-state index contributed by atoms with van der Waals surface area (Å²) < 4.78 is 30.5. The van der Waals surface area contributed by atoms with Crippen LogP contribution < -0.4 is 4.90 Å². The molecule has 1 aliphatic heterocycles. The molecule has 10 heteroatoms. The van der Waals surface area contributed by atoms with Crippen molar-refractivity contribution in [1.29, 1.82) is 0 Å². The minimum absolute atomic E-state index is 0.130. The Morgan fingerprint density at radius 2 is 1.97 bits per heavy atom. The Bertz CT molecular complexity index is 1220. The molecular weight excluding hydrogens is 466 g/mol. The Labute approximate surface area is 196 Å². The van der Waals surface area contributed by atoms with Crippen molar-refractivity contribution in [2.24, 2.45) is 0 Å². The Balaban J connectivity index is 1.69. The number of amides is 1. The largest absolute Gasteiger partial charge is 0.379 e. The van der Waals surface area contributed by atoms with Gasteiger partial charge in [-0.2, -0.15) is 0 Å². The SMILES string of the molecule is CSc1cccc2sc(N(CCN3CCOCC3)C(=O)c3cccc(S(C)(=O)=O)c3)nc12. The third-order valence-electron chi connectivity index (χ3n) is 5.32. The van der Waals surface area contributed by atoms with E-state index in [9.17, 15) is 13.2 Å². The fraction of sp³-hybridized carbons (Fsp3) is 0.364. The lowest BCUT2D eigenvalue weighted by molar-refractivity contribution is 0.0391. The number of rotatable bonds is 7. The number of para-hydroxylation sites is 1. The van der Waals surface area contributed by atoms with Gasteiger partial charge in [-0.15, -0.1) is 11.8 Å². The van der Waals surface area contributed by atoms with Gasteiger partial charge < -0.3 is 4.74 Å². The summed E-state index contributed by atoms with van der Waals surface area (Å²) in [6.45, 7) is 4.15. The first-order valence-corrected chi connectivity index (χ1v) is 14.2. The second kappa shape index (κ2) is 9.88. The van der Waals surface area contributed by atoms with Gasteiger partial charge in [0.2, 0.25) is 0 Å². The van der Waals surface area contributed by atoms with Crippen LogP contribution in [0.15, 0.2) is 52.3 Å². The van der Waals surface area contributed by atoms with Gasteiger partial charge in [-0.1, -0.05) is 23.5 Å². The lowest BCUT2D eigenvalue weighted by Gasteiger charge is -2.29. The zero-order valence-electron chi connectivity index (χ0n) is 18.0. The van der Waals surface area contributed by atoms with E-state index in [2.05, 4.69) is 4.90 Å². The van der Waals surface area contributed by atoms with Crippen molar-refractivity contribution in [1.82, 2.24) is 9.88 Å². The topological polar surface area (TPSA) is 79.8 Å². The fourth-order valence-electron chi connectivity index (χ4n) is 3.56. The second-order valence-electron chi connectivity index (χ2n) is 7.51. The predicted octanol–water partition coefficient (Wildman–Crippen LogP) is 3.40. The van der Waals surface area contributed by atoms with Gasteiger partial charge in [0.05, 0.1) is 28.3 Å². The molecule has 170 valence electrons. The summed E-state index contributed by atoms with van der Waals surface area (Å²) in [7, 11) is -3.42. The molecule has 1 saturated heterocycles.